The van der Waals surface area contributed by atoms with Crippen LogP contribution in [-0.4, -0.2) is 16.1 Å². The predicted molar refractivity (Wildman–Crippen MR) is 34.4 cm³/mol. The van der Waals surface area contributed by atoms with Crippen molar-refractivity contribution in [2.24, 2.45) is 0 Å². The molecule has 1 aromatic rings. The molecule has 0 saturated heterocycles. The average Bonchev–Trinajstić information content (AvgIpc) is 1.88. The van der Waals surface area contributed by atoms with E-state index in [2.05, 4.69) is 11.1 Å². The minimum absolute atomic E-state index is 0.0648. The number of carboxylic acid groups (broad SMARTS) is 1. The summed E-state index contributed by atoms with van der Waals surface area (Å²) in [5.74, 6) is -1.13. The molecule has 0 aliphatic carbocycles. The van der Waals surface area contributed by atoms with Gasteiger partial charge < -0.3 is 10.8 Å². The van der Waals surface area contributed by atoms with Crippen molar-refractivity contribution < 1.29 is 9.90 Å². The number of carbonyl (C=O) groups is 1. The zero-order valence-electron chi connectivity index (χ0n) is 5.03. The van der Waals surface area contributed by atoms with Gasteiger partial charge in [-0.2, -0.15) is 0 Å². The lowest BCUT2D eigenvalue weighted by molar-refractivity contribution is 0.0692. The maximum atomic E-state index is 10.3. The van der Waals surface area contributed by atoms with Gasteiger partial charge in [0.2, 0.25) is 0 Å². The number of pyridine rings is 1. The summed E-state index contributed by atoms with van der Waals surface area (Å²) >= 11 is 0. The van der Waals surface area contributed by atoms with Crippen LogP contribution in [0.3, 0.4) is 0 Å². The van der Waals surface area contributed by atoms with Gasteiger partial charge in [0.05, 0.1) is 5.69 Å². The van der Waals surface area contributed by atoms with Gasteiger partial charge in [-0.05, 0) is 6.07 Å². The van der Waals surface area contributed by atoms with Gasteiger partial charge in [0.15, 0.2) is 5.69 Å². The van der Waals surface area contributed by atoms with Crippen molar-refractivity contribution >= 4 is 11.7 Å². The van der Waals surface area contributed by atoms with Crippen molar-refractivity contribution in [2.75, 3.05) is 5.73 Å². The molecule has 51 valence electrons. The van der Waals surface area contributed by atoms with Crippen molar-refractivity contribution in [2.45, 2.75) is 0 Å². The summed E-state index contributed by atoms with van der Waals surface area (Å²) in [5.41, 5.74) is 5.14. The molecule has 0 fully saturated rings. The second-order valence-electron chi connectivity index (χ2n) is 1.66. The van der Waals surface area contributed by atoms with Gasteiger partial charge in [0, 0.05) is 12.3 Å². The summed E-state index contributed by atoms with van der Waals surface area (Å²) in [4.78, 5) is 13.8. The van der Waals surface area contributed by atoms with Crippen LogP contribution in [0.15, 0.2) is 12.3 Å². The van der Waals surface area contributed by atoms with Gasteiger partial charge in [0.1, 0.15) is 0 Å². The molecule has 4 nitrogen and oxygen atoms in total. The van der Waals surface area contributed by atoms with Crippen molar-refractivity contribution in [3.63, 3.8) is 0 Å². The fraction of sp³-hybridized carbons (Fsp3) is 0. The lowest BCUT2D eigenvalue weighted by Gasteiger charge is -1.94. The van der Waals surface area contributed by atoms with Gasteiger partial charge in [-0.15, -0.1) is 0 Å². The lowest BCUT2D eigenvalue weighted by atomic mass is 10.3. The van der Waals surface area contributed by atoms with Gasteiger partial charge in [-0.1, -0.05) is 0 Å². The fourth-order valence-corrected chi connectivity index (χ4v) is 0.547. The third kappa shape index (κ3) is 1.05. The largest absolute Gasteiger partial charge is 0.476 e. The van der Waals surface area contributed by atoms with Crippen molar-refractivity contribution in [1.82, 2.24) is 4.98 Å². The molecule has 1 radical (unpaired) electrons. The summed E-state index contributed by atoms with van der Waals surface area (Å²) in [6.07, 6.45) is 1.33. The Morgan fingerprint density at radius 2 is 2.50 bits per heavy atom. The number of rotatable bonds is 1. The van der Waals surface area contributed by atoms with E-state index in [1.807, 2.05) is 0 Å². The van der Waals surface area contributed by atoms with Crippen LogP contribution in [-0.2, 0) is 0 Å². The lowest BCUT2D eigenvalue weighted by Crippen LogP contribution is -2.04. The maximum Gasteiger partial charge on any atom is 0.356 e. The van der Waals surface area contributed by atoms with E-state index in [0.717, 1.165) is 0 Å². The van der Waals surface area contributed by atoms with Crippen LogP contribution in [0, 0.1) is 6.07 Å². The number of nitrogens with zero attached hydrogens (tertiary/aromatic N) is 1. The Kier molecular flexibility index (Phi) is 1.53. The molecular weight excluding hydrogens is 132 g/mol. The van der Waals surface area contributed by atoms with Crippen LogP contribution in [0.4, 0.5) is 5.69 Å². The normalized spacial score (nSPS) is 9.20. The molecule has 0 unspecified atom stereocenters. The highest BCUT2D eigenvalue weighted by molar-refractivity contribution is 5.90. The molecule has 0 saturated carbocycles. The van der Waals surface area contributed by atoms with Crippen LogP contribution < -0.4 is 5.73 Å². The summed E-state index contributed by atoms with van der Waals surface area (Å²) in [6, 6.07) is 3.98. The quantitative estimate of drug-likeness (QED) is 0.578. The maximum absolute atomic E-state index is 10.3. The number of hydrogen-bond acceptors (Lipinski definition) is 3. The zero-order valence-corrected chi connectivity index (χ0v) is 5.03. The summed E-state index contributed by atoms with van der Waals surface area (Å²) in [5, 5.41) is 8.40. The molecule has 0 bridgehead atoms. The fourth-order valence-electron chi connectivity index (χ4n) is 0.547. The van der Waals surface area contributed by atoms with E-state index >= 15 is 0 Å². The molecule has 0 atom stereocenters. The second kappa shape index (κ2) is 2.34. The van der Waals surface area contributed by atoms with E-state index < -0.39 is 5.97 Å². The van der Waals surface area contributed by atoms with Crippen molar-refractivity contribution in [1.29, 1.82) is 0 Å². The highest BCUT2D eigenvalue weighted by atomic mass is 16.4. The first-order valence-corrected chi connectivity index (χ1v) is 2.57. The van der Waals surface area contributed by atoms with Gasteiger partial charge in [-0.3, -0.25) is 0 Å². The van der Waals surface area contributed by atoms with Crippen LogP contribution in [0.1, 0.15) is 10.5 Å². The summed E-state index contributed by atoms with van der Waals surface area (Å²) in [7, 11) is 0. The molecule has 1 aromatic heterocycles. The standard InChI is InChI=1S/C6H5N2O2/c7-4-2-1-3-8-5(4)6(9)10/h1,3H,7H2,(H,9,10). The molecule has 1 rings (SSSR count). The zero-order chi connectivity index (χ0) is 7.56. The molecule has 4 heteroatoms. The number of aromatic carboxylic acids is 1. The van der Waals surface area contributed by atoms with Crippen LogP contribution in [0.2, 0.25) is 0 Å². The van der Waals surface area contributed by atoms with Crippen LogP contribution >= 0.6 is 0 Å². The Morgan fingerprint density at radius 3 is 2.90 bits per heavy atom. The first kappa shape index (κ1) is 6.54. The van der Waals surface area contributed by atoms with Gasteiger partial charge >= 0.3 is 5.97 Å². The number of nitrogens with two attached hydrogens (primary N) is 1. The second-order valence-corrected chi connectivity index (χ2v) is 1.66. The Labute approximate surface area is 57.3 Å². The van der Waals surface area contributed by atoms with E-state index in [9.17, 15) is 4.79 Å². The molecule has 10 heavy (non-hydrogen) atoms. The number of nitrogen functional groups attached to an aromatic ring is 1. The molecule has 0 aromatic carbocycles. The Morgan fingerprint density at radius 1 is 1.80 bits per heavy atom. The summed E-state index contributed by atoms with van der Waals surface area (Å²) < 4.78 is 0. The van der Waals surface area contributed by atoms with E-state index in [0.29, 0.717) is 0 Å². The smallest absolute Gasteiger partial charge is 0.356 e. The molecule has 3 N–H and O–H groups in total. The summed E-state index contributed by atoms with van der Waals surface area (Å²) in [6.45, 7) is 0. The van der Waals surface area contributed by atoms with E-state index in [1.165, 1.54) is 12.3 Å². The molecular formula is C6H5N2O2. The average molecular weight is 137 g/mol. The Hall–Kier alpha value is -1.58. The topological polar surface area (TPSA) is 76.2 Å². The molecule has 1 heterocycles. The molecule has 0 aliphatic heterocycles. The van der Waals surface area contributed by atoms with Crippen molar-refractivity contribution in [3.05, 3.63) is 24.0 Å². The highest BCUT2D eigenvalue weighted by Gasteiger charge is 2.06. The van der Waals surface area contributed by atoms with Gasteiger partial charge in [0.25, 0.3) is 0 Å². The predicted octanol–water partition coefficient (Wildman–Crippen LogP) is 0.162. The van der Waals surface area contributed by atoms with E-state index in [1.54, 1.807) is 0 Å². The van der Waals surface area contributed by atoms with Crippen LogP contribution in [0.25, 0.3) is 0 Å². The number of aromatic nitrogens is 1. The minimum Gasteiger partial charge on any atom is -0.476 e. The Bertz CT molecular complexity index is 260. The SMILES string of the molecule is Nc1[c]ccnc1C(=O)O. The monoisotopic (exact) mass is 137 g/mol. The van der Waals surface area contributed by atoms with Crippen molar-refractivity contribution in [3.8, 4) is 0 Å². The molecule has 0 aliphatic rings. The van der Waals surface area contributed by atoms with Gasteiger partial charge in [-0.25, -0.2) is 9.78 Å². The molecule has 0 spiro atoms. The minimum atomic E-state index is -1.13. The Balaban J connectivity index is 3.15. The van der Waals surface area contributed by atoms with E-state index in [-0.39, 0.29) is 11.4 Å². The number of hydrogen-bond donors (Lipinski definition) is 2. The van der Waals surface area contributed by atoms with E-state index in [4.69, 9.17) is 10.8 Å². The third-order valence-electron chi connectivity index (χ3n) is 0.975. The first-order chi connectivity index (χ1) is 4.72. The number of anilines is 1. The highest BCUT2D eigenvalue weighted by Crippen LogP contribution is 2.04. The molecule has 0 amide bonds. The number of carboxylic acids is 1. The first-order valence-electron chi connectivity index (χ1n) is 2.57. The third-order valence-corrected chi connectivity index (χ3v) is 0.975. The van der Waals surface area contributed by atoms with Crippen LogP contribution in [0.5, 0.6) is 0 Å².